The van der Waals surface area contributed by atoms with Gasteiger partial charge >= 0.3 is 0 Å². The SMILES string of the molecule is CCCC(Cc1cccc(CC2CC(O)=C(c3ccccc3)C2=O)c1)NS(=O)(=O)c1ccc(Cl)cc1. The number of sulfonamides is 1. The number of aliphatic hydroxyl groups is 1. The highest BCUT2D eigenvalue weighted by Crippen LogP contribution is 2.35. The van der Waals surface area contributed by atoms with Gasteiger partial charge in [0.15, 0.2) is 5.78 Å². The van der Waals surface area contributed by atoms with Gasteiger partial charge in [0.05, 0.1) is 10.5 Å². The third kappa shape index (κ3) is 6.25. The van der Waals surface area contributed by atoms with Crippen molar-refractivity contribution in [2.45, 2.75) is 50.0 Å². The first-order valence-electron chi connectivity index (χ1n) is 12.1. The number of rotatable bonds is 10. The maximum atomic E-state index is 13.1. The Bertz CT molecular complexity index is 1350. The van der Waals surface area contributed by atoms with Crippen LogP contribution in [0, 0.1) is 5.92 Å². The van der Waals surface area contributed by atoms with Gasteiger partial charge in [-0.15, -0.1) is 0 Å². The third-order valence-corrected chi connectivity index (χ3v) is 8.23. The lowest BCUT2D eigenvalue weighted by Crippen LogP contribution is -2.36. The molecule has 0 spiro atoms. The molecule has 0 saturated heterocycles. The molecule has 7 heteroatoms. The quantitative estimate of drug-likeness (QED) is 0.335. The largest absolute Gasteiger partial charge is 0.512 e. The molecule has 4 rings (SSSR count). The first-order valence-corrected chi connectivity index (χ1v) is 14.0. The highest BCUT2D eigenvalue weighted by Gasteiger charge is 2.34. The van der Waals surface area contributed by atoms with Crippen LogP contribution in [0.3, 0.4) is 0 Å². The average Bonchev–Trinajstić information content (AvgIpc) is 3.12. The second kappa shape index (κ2) is 11.4. The maximum Gasteiger partial charge on any atom is 0.240 e. The summed E-state index contributed by atoms with van der Waals surface area (Å²) in [5.41, 5.74) is 3.14. The molecule has 1 aliphatic rings. The summed E-state index contributed by atoms with van der Waals surface area (Å²) in [4.78, 5) is 13.3. The van der Waals surface area contributed by atoms with E-state index < -0.39 is 10.0 Å². The summed E-state index contributed by atoms with van der Waals surface area (Å²) in [7, 11) is -3.68. The van der Waals surface area contributed by atoms with Crippen LogP contribution in [-0.2, 0) is 27.7 Å². The maximum absolute atomic E-state index is 13.1. The zero-order chi connectivity index (χ0) is 25.7. The van der Waals surface area contributed by atoms with Crippen LogP contribution in [0.1, 0.15) is 42.9 Å². The number of hydrogen-bond donors (Lipinski definition) is 2. The van der Waals surface area contributed by atoms with Crippen molar-refractivity contribution >= 4 is 33.0 Å². The Labute approximate surface area is 217 Å². The van der Waals surface area contributed by atoms with Crippen molar-refractivity contribution in [2.75, 3.05) is 0 Å². The van der Waals surface area contributed by atoms with E-state index in [9.17, 15) is 18.3 Å². The summed E-state index contributed by atoms with van der Waals surface area (Å²) in [6.45, 7) is 2.02. The summed E-state index contributed by atoms with van der Waals surface area (Å²) in [6, 6.07) is 23.0. The van der Waals surface area contributed by atoms with Crippen LogP contribution >= 0.6 is 11.6 Å². The Morgan fingerprint density at radius 2 is 1.69 bits per heavy atom. The zero-order valence-electron chi connectivity index (χ0n) is 20.2. The Morgan fingerprint density at radius 3 is 2.39 bits per heavy atom. The zero-order valence-corrected chi connectivity index (χ0v) is 21.7. The molecule has 188 valence electrons. The number of allylic oxidation sites excluding steroid dienone is 2. The van der Waals surface area contributed by atoms with E-state index >= 15 is 0 Å². The van der Waals surface area contributed by atoms with E-state index in [2.05, 4.69) is 4.72 Å². The molecule has 0 heterocycles. The first-order chi connectivity index (χ1) is 17.3. The van der Waals surface area contributed by atoms with Gasteiger partial charge in [0.25, 0.3) is 0 Å². The molecule has 0 saturated carbocycles. The second-order valence-electron chi connectivity index (χ2n) is 9.24. The number of hydrogen-bond acceptors (Lipinski definition) is 4. The smallest absolute Gasteiger partial charge is 0.240 e. The van der Waals surface area contributed by atoms with Gasteiger partial charge in [0, 0.05) is 23.4 Å². The predicted octanol–water partition coefficient (Wildman–Crippen LogP) is 6.13. The van der Waals surface area contributed by atoms with Crippen LogP contribution in [0.4, 0.5) is 0 Å². The fraction of sp³-hybridized carbons (Fsp3) is 0.276. The Morgan fingerprint density at radius 1 is 1.00 bits per heavy atom. The van der Waals surface area contributed by atoms with E-state index in [1.54, 1.807) is 12.1 Å². The minimum atomic E-state index is -3.68. The van der Waals surface area contributed by atoms with Crippen molar-refractivity contribution in [1.29, 1.82) is 0 Å². The Hall–Kier alpha value is -2.93. The van der Waals surface area contributed by atoms with E-state index in [0.717, 1.165) is 23.1 Å². The molecule has 1 aliphatic carbocycles. The molecule has 3 aromatic carbocycles. The van der Waals surface area contributed by atoms with Crippen LogP contribution in [-0.4, -0.2) is 25.3 Å². The third-order valence-electron chi connectivity index (χ3n) is 6.45. The summed E-state index contributed by atoms with van der Waals surface area (Å²) < 4.78 is 28.7. The standard InChI is InChI=1S/C29H30ClNO4S/c1-2-7-25(31-36(34,35)26-14-12-24(30)13-15-26)18-21-9-6-8-20(16-21)17-23-19-27(32)28(29(23)33)22-10-4-3-5-11-22/h3-6,8-16,23,25,31-32H,2,7,17-19H2,1H3. The molecule has 5 nitrogen and oxygen atoms in total. The van der Waals surface area contributed by atoms with Crippen LogP contribution in [0.15, 0.2) is 89.5 Å². The van der Waals surface area contributed by atoms with Crippen molar-refractivity contribution in [1.82, 2.24) is 4.72 Å². The number of nitrogens with one attached hydrogen (secondary N) is 1. The number of halogens is 1. The van der Waals surface area contributed by atoms with Crippen LogP contribution in [0.5, 0.6) is 0 Å². The van der Waals surface area contributed by atoms with Crippen molar-refractivity contribution < 1.29 is 18.3 Å². The molecule has 2 atom stereocenters. The van der Waals surface area contributed by atoms with Gasteiger partial charge in [-0.05, 0) is 60.2 Å². The Kier molecular flexibility index (Phi) is 8.29. The van der Waals surface area contributed by atoms with Crippen molar-refractivity contribution in [3.05, 3.63) is 106 Å². The van der Waals surface area contributed by atoms with Gasteiger partial charge in [-0.1, -0.05) is 79.5 Å². The molecule has 2 unspecified atom stereocenters. The van der Waals surface area contributed by atoms with E-state index in [-0.39, 0.29) is 28.4 Å². The van der Waals surface area contributed by atoms with E-state index in [1.807, 2.05) is 61.5 Å². The lowest BCUT2D eigenvalue weighted by Gasteiger charge is -2.19. The second-order valence-corrected chi connectivity index (χ2v) is 11.4. The fourth-order valence-corrected chi connectivity index (χ4v) is 6.15. The van der Waals surface area contributed by atoms with Gasteiger partial charge in [0.1, 0.15) is 5.76 Å². The minimum absolute atomic E-state index is 0.0383. The molecule has 0 aromatic heterocycles. The summed E-state index contributed by atoms with van der Waals surface area (Å²) in [5.74, 6) is -0.207. The minimum Gasteiger partial charge on any atom is -0.512 e. The number of carbonyl (C=O) groups is 1. The van der Waals surface area contributed by atoms with Gasteiger partial charge in [0.2, 0.25) is 10.0 Å². The molecule has 0 fully saturated rings. The normalized spacial score (nSPS) is 16.9. The van der Waals surface area contributed by atoms with Crippen LogP contribution < -0.4 is 4.72 Å². The van der Waals surface area contributed by atoms with Gasteiger partial charge in [-0.2, -0.15) is 0 Å². The van der Waals surface area contributed by atoms with Gasteiger partial charge in [-0.25, -0.2) is 13.1 Å². The lowest BCUT2D eigenvalue weighted by molar-refractivity contribution is -0.116. The summed E-state index contributed by atoms with van der Waals surface area (Å²) in [5, 5.41) is 11.0. The van der Waals surface area contributed by atoms with Crippen LogP contribution in [0.25, 0.3) is 5.57 Å². The van der Waals surface area contributed by atoms with E-state index in [4.69, 9.17) is 11.6 Å². The summed E-state index contributed by atoms with van der Waals surface area (Å²) >= 11 is 5.90. The number of aliphatic hydroxyl groups excluding tert-OH is 1. The molecular formula is C29H30ClNO4S. The number of carbonyl (C=O) groups excluding carboxylic acids is 1. The van der Waals surface area contributed by atoms with E-state index in [0.29, 0.717) is 36.3 Å². The topological polar surface area (TPSA) is 83.5 Å². The molecule has 0 radical (unpaired) electrons. The predicted molar refractivity (Wildman–Crippen MR) is 143 cm³/mol. The van der Waals surface area contributed by atoms with Gasteiger partial charge in [-0.3, -0.25) is 4.79 Å². The van der Waals surface area contributed by atoms with Crippen molar-refractivity contribution in [2.24, 2.45) is 5.92 Å². The first kappa shape index (κ1) is 26.1. The number of benzene rings is 3. The number of Topliss-reactive ketones (excluding diaryl/α,β-unsaturated/α-hetero) is 1. The molecule has 36 heavy (non-hydrogen) atoms. The highest BCUT2D eigenvalue weighted by atomic mass is 35.5. The van der Waals surface area contributed by atoms with Crippen LogP contribution in [0.2, 0.25) is 5.02 Å². The lowest BCUT2D eigenvalue weighted by atomic mass is 9.92. The molecule has 0 bridgehead atoms. The molecule has 2 N–H and O–H groups in total. The van der Waals surface area contributed by atoms with Crippen molar-refractivity contribution in [3.8, 4) is 0 Å². The molecule has 3 aromatic rings. The average molecular weight is 524 g/mol. The molecule has 0 aliphatic heterocycles. The molecular weight excluding hydrogens is 494 g/mol. The monoisotopic (exact) mass is 523 g/mol. The Balaban J connectivity index is 1.45. The van der Waals surface area contributed by atoms with Crippen molar-refractivity contribution in [3.63, 3.8) is 0 Å². The molecule has 0 amide bonds. The van der Waals surface area contributed by atoms with E-state index in [1.165, 1.54) is 12.1 Å². The summed E-state index contributed by atoms with van der Waals surface area (Å²) in [6.07, 6.45) is 2.90. The fourth-order valence-electron chi connectivity index (χ4n) is 4.76. The highest BCUT2D eigenvalue weighted by molar-refractivity contribution is 7.89. The number of ketones is 1. The van der Waals surface area contributed by atoms with Gasteiger partial charge < -0.3 is 5.11 Å².